The number of aromatic nitrogens is 2. The van der Waals surface area contributed by atoms with Gasteiger partial charge in [0.05, 0.1) is 11.5 Å². The molecular formula is C13H22N4O3. The van der Waals surface area contributed by atoms with E-state index in [-0.39, 0.29) is 10.6 Å². The van der Waals surface area contributed by atoms with Crippen LogP contribution in [0.15, 0.2) is 0 Å². The van der Waals surface area contributed by atoms with Crippen molar-refractivity contribution in [2.24, 2.45) is 13.0 Å². The highest BCUT2D eigenvalue weighted by atomic mass is 16.6. The molecule has 1 atom stereocenters. The first-order chi connectivity index (χ1) is 9.58. The third-order valence-corrected chi connectivity index (χ3v) is 3.80. The van der Waals surface area contributed by atoms with E-state index >= 15 is 0 Å². The number of aryl methyl sites for hydroxylation is 2. The minimum absolute atomic E-state index is 0.160. The zero-order chi connectivity index (χ0) is 14.7. The number of hydrogen-bond acceptors (Lipinski definition) is 5. The molecule has 112 valence electrons. The lowest BCUT2D eigenvalue weighted by atomic mass is 9.99. The van der Waals surface area contributed by atoms with Crippen LogP contribution < -0.4 is 4.90 Å². The van der Waals surface area contributed by atoms with E-state index in [2.05, 4.69) is 10.00 Å². The molecule has 7 heteroatoms. The number of ether oxygens (including phenoxy) is 1. The summed E-state index contributed by atoms with van der Waals surface area (Å²) in [5.41, 5.74) is 0.717. The quantitative estimate of drug-likeness (QED) is 0.607. The van der Waals surface area contributed by atoms with Crippen molar-refractivity contribution in [2.45, 2.75) is 26.2 Å². The third kappa shape index (κ3) is 2.77. The van der Waals surface area contributed by atoms with Gasteiger partial charge < -0.3 is 9.64 Å². The highest BCUT2D eigenvalue weighted by molar-refractivity contribution is 5.61. The molecule has 1 aromatic heterocycles. The standard InChI is InChI=1S/C13H22N4O3/c1-4-11-12(17(18)19)13(15(2)14-11)16-7-5-6-10(8-16)9-20-3/h10H,4-9H2,1-3H3. The summed E-state index contributed by atoms with van der Waals surface area (Å²) in [4.78, 5) is 13.1. The van der Waals surface area contributed by atoms with Gasteiger partial charge in [0.25, 0.3) is 0 Å². The molecule has 0 bridgehead atoms. The van der Waals surface area contributed by atoms with Crippen LogP contribution in [0.5, 0.6) is 0 Å². The van der Waals surface area contributed by atoms with Gasteiger partial charge in [-0.3, -0.25) is 10.1 Å². The van der Waals surface area contributed by atoms with Crippen molar-refractivity contribution in [1.82, 2.24) is 9.78 Å². The maximum atomic E-state index is 11.4. The molecule has 0 aliphatic carbocycles. The van der Waals surface area contributed by atoms with Crippen molar-refractivity contribution in [3.05, 3.63) is 15.8 Å². The minimum atomic E-state index is -0.304. The van der Waals surface area contributed by atoms with Crippen molar-refractivity contribution in [3.8, 4) is 0 Å². The van der Waals surface area contributed by atoms with E-state index in [0.29, 0.717) is 30.5 Å². The van der Waals surface area contributed by atoms with Crippen LogP contribution in [0.1, 0.15) is 25.5 Å². The summed E-state index contributed by atoms with van der Waals surface area (Å²) in [7, 11) is 3.47. The largest absolute Gasteiger partial charge is 0.384 e. The molecule has 0 spiro atoms. The predicted octanol–water partition coefficient (Wildman–Crippen LogP) is 1.75. The number of piperidine rings is 1. The molecule has 1 unspecified atom stereocenters. The van der Waals surface area contributed by atoms with E-state index < -0.39 is 0 Å². The lowest BCUT2D eigenvalue weighted by Gasteiger charge is -2.33. The van der Waals surface area contributed by atoms with Gasteiger partial charge in [0.2, 0.25) is 5.82 Å². The lowest BCUT2D eigenvalue weighted by Crippen LogP contribution is -2.38. The van der Waals surface area contributed by atoms with E-state index in [1.54, 1.807) is 18.8 Å². The van der Waals surface area contributed by atoms with E-state index in [0.717, 1.165) is 25.9 Å². The molecule has 1 fully saturated rings. The van der Waals surface area contributed by atoms with Gasteiger partial charge >= 0.3 is 5.69 Å². The van der Waals surface area contributed by atoms with Crippen LogP contribution in [0.2, 0.25) is 0 Å². The van der Waals surface area contributed by atoms with Crippen LogP contribution in [-0.4, -0.2) is 41.5 Å². The molecule has 0 radical (unpaired) electrons. The van der Waals surface area contributed by atoms with Gasteiger partial charge in [-0.2, -0.15) is 5.10 Å². The fourth-order valence-corrected chi connectivity index (χ4v) is 2.97. The van der Waals surface area contributed by atoms with Crippen molar-refractivity contribution < 1.29 is 9.66 Å². The van der Waals surface area contributed by atoms with Crippen LogP contribution in [-0.2, 0) is 18.2 Å². The first kappa shape index (κ1) is 14.8. The fourth-order valence-electron chi connectivity index (χ4n) is 2.97. The Balaban J connectivity index is 2.31. The summed E-state index contributed by atoms with van der Waals surface area (Å²) in [6.45, 7) is 4.22. The average Bonchev–Trinajstić information content (AvgIpc) is 2.76. The van der Waals surface area contributed by atoms with Gasteiger partial charge in [-0.1, -0.05) is 6.92 Å². The highest BCUT2D eigenvalue weighted by Gasteiger charge is 2.32. The molecule has 0 amide bonds. The molecule has 1 aromatic rings. The Labute approximate surface area is 118 Å². The molecule has 1 aliphatic rings. The lowest BCUT2D eigenvalue weighted by molar-refractivity contribution is -0.384. The smallest absolute Gasteiger partial charge is 0.334 e. The molecule has 0 aromatic carbocycles. The van der Waals surface area contributed by atoms with Crippen molar-refractivity contribution in [3.63, 3.8) is 0 Å². The fraction of sp³-hybridized carbons (Fsp3) is 0.769. The van der Waals surface area contributed by atoms with Crippen LogP contribution in [0.4, 0.5) is 11.5 Å². The number of hydrogen-bond donors (Lipinski definition) is 0. The molecule has 2 heterocycles. The molecule has 7 nitrogen and oxygen atoms in total. The van der Waals surface area contributed by atoms with Gasteiger partial charge in [0.1, 0.15) is 5.69 Å². The average molecular weight is 282 g/mol. The normalized spacial score (nSPS) is 19.4. The van der Waals surface area contributed by atoms with Crippen molar-refractivity contribution >= 4 is 11.5 Å². The summed E-state index contributed by atoms with van der Waals surface area (Å²) >= 11 is 0. The Morgan fingerprint density at radius 3 is 2.90 bits per heavy atom. The van der Waals surface area contributed by atoms with Gasteiger partial charge in [-0.05, 0) is 25.2 Å². The molecular weight excluding hydrogens is 260 g/mol. The molecule has 0 N–H and O–H groups in total. The number of nitro groups is 1. The maximum absolute atomic E-state index is 11.4. The van der Waals surface area contributed by atoms with Crippen LogP contribution in [0, 0.1) is 16.0 Å². The van der Waals surface area contributed by atoms with Crippen LogP contribution in [0.25, 0.3) is 0 Å². The zero-order valence-electron chi connectivity index (χ0n) is 12.3. The Hall–Kier alpha value is -1.63. The minimum Gasteiger partial charge on any atom is -0.384 e. The Bertz CT molecular complexity index is 484. The number of nitrogens with zero attached hydrogens (tertiary/aromatic N) is 4. The summed E-state index contributed by atoms with van der Waals surface area (Å²) in [6, 6.07) is 0. The number of methoxy groups -OCH3 is 1. The van der Waals surface area contributed by atoms with E-state index in [1.165, 1.54) is 0 Å². The summed E-state index contributed by atoms with van der Waals surface area (Å²) < 4.78 is 6.86. The van der Waals surface area contributed by atoms with Gasteiger partial charge in [-0.25, -0.2) is 4.68 Å². The first-order valence-electron chi connectivity index (χ1n) is 7.02. The van der Waals surface area contributed by atoms with E-state index in [4.69, 9.17) is 4.74 Å². The molecule has 0 saturated carbocycles. The second-order valence-electron chi connectivity index (χ2n) is 5.26. The SMILES string of the molecule is CCc1nn(C)c(N2CCCC(COC)C2)c1[N+](=O)[O-]. The van der Waals surface area contributed by atoms with E-state index in [9.17, 15) is 10.1 Å². The molecule has 2 rings (SSSR count). The Kier molecular flexibility index (Phi) is 4.59. The van der Waals surface area contributed by atoms with E-state index in [1.807, 2.05) is 6.92 Å². The summed E-state index contributed by atoms with van der Waals surface area (Å²) in [6.07, 6.45) is 2.70. The summed E-state index contributed by atoms with van der Waals surface area (Å²) in [5, 5.41) is 15.7. The number of rotatable bonds is 5. The maximum Gasteiger partial charge on any atom is 0.334 e. The third-order valence-electron chi connectivity index (χ3n) is 3.80. The van der Waals surface area contributed by atoms with Crippen LogP contribution >= 0.6 is 0 Å². The van der Waals surface area contributed by atoms with Gasteiger partial charge in [-0.15, -0.1) is 0 Å². The Morgan fingerprint density at radius 1 is 1.55 bits per heavy atom. The predicted molar refractivity (Wildman–Crippen MR) is 76.1 cm³/mol. The second-order valence-corrected chi connectivity index (χ2v) is 5.26. The highest BCUT2D eigenvalue weighted by Crippen LogP contribution is 2.34. The Morgan fingerprint density at radius 2 is 2.30 bits per heavy atom. The molecule has 1 aliphatic heterocycles. The van der Waals surface area contributed by atoms with Crippen LogP contribution in [0.3, 0.4) is 0 Å². The summed E-state index contributed by atoms with van der Waals surface area (Å²) in [5.74, 6) is 1.06. The van der Waals surface area contributed by atoms with Crippen molar-refractivity contribution in [1.29, 1.82) is 0 Å². The topological polar surface area (TPSA) is 73.4 Å². The number of anilines is 1. The first-order valence-corrected chi connectivity index (χ1v) is 7.02. The van der Waals surface area contributed by atoms with Gasteiger partial charge in [0.15, 0.2) is 0 Å². The second kappa shape index (κ2) is 6.21. The van der Waals surface area contributed by atoms with Gasteiger partial charge in [0, 0.05) is 27.2 Å². The monoisotopic (exact) mass is 282 g/mol. The molecule has 1 saturated heterocycles. The molecule has 20 heavy (non-hydrogen) atoms. The zero-order valence-corrected chi connectivity index (χ0v) is 12.3. The van der Waals surface area contributed by atoms with Crippen molar-refractivity contribution in [2.75, 3.05) is 31.7 Å².